The Morgan fingerprint density at radius 1 is 1.39 bits per heavy atom. The molecule has 0 N–H and O–H groups in total. The van der Waals surface area contributed by atoms with Crippen molar-refractivity contribution in [3.63, 3.8) is 0 Å². The van der Waals surface area contributed by atoms with E-state index in [4.69, 9.17) is 5.26 Å². The van der Waals surface area contributed by atoms with E-state index < -0.39 is 20.7 Å². The molecule has 0 heterocycles. The van der Waals surface area contributed by atoms with Gasteiger partial charge in [-0.1, -0.05) is 25.1 Å². The third kappa shape index (κ3) is 3.75. The van der Waals surface area contributed by atoms with Crippen molar-refractivity contribution in [2.24, 2.45) is 0 Å². The number of benzene rings is 1. The van der Waals surface area contributed by atoms with Gasteiger partial charge in [0.2, 0.25) is 9.84 Å². The summed E-state index contributed by atoms with van der Waals surface area (Å²) in [6.07, 6.45) is 0. The average Bonchev–Trinajstić information content (AvgIpc) is 2.31. The molecule has 1 rings (SSSR count). The van der Waals surface area contributed by atoms with Crippen LogP contribution in [0.1, 0.15) is 6.92 Å². The zero-order valence-corrected chi connectivity index (χ0v) is 12.9. The van der Waals surface area contributed by atoms with Gasteiger partial charge in [0.1, 0.15) is 6.07 Å². The summed E-state index contributed by atoms with van der Waals surface area (Å²) < 4.78 is 28.4. The summed E-state index contributed by atoms with van der Waals surface area (Å²) in [5.41, 5.74) is 0. The molecule has 0 aliphatic rings. The standard InChI is InChI=1S/C11H11NO4S.Na/c1-2-16-11(13)10(8-12)17(14,15)9-6-4-3-5-7-9;/h3-7,13H,2H2,1H3;/q;+1/p-1. The van der Waals surface area contributed by atoms with Crippen LogP contribution >= 0.6 is 0 Å². The fourth-order valence-corrected chi connectivity index (χ4v) is 2.28. The number of allylic oxidation sites excluding steroid dienone is 1. The summed E-state index contributed by atoms with van der Waals surface area (Å²) in [5.74, 6) is -1.13. The van der Waals surface area contributed by atoms with Crippen molar-refractivity contribution in [1.82, 2.24) is 0 Å². The predicted octanol–water partition coefficient (Wildman–Crippen LogP) is -2.45. The molecule has 5 nitrogen and oxygen atoms in total. The van der Waals surface area contributed by atoms with E-state index in [1.807, 2.05) is 0 Å². The molecule has 0 radical (unpaired) electrons. The molecule has 0 saturated heterocycles. The third-order valence-electron chi connectivity index (χ3n) is 1.88. The van der Waals surface area contributed by atoms with Crippen LogP contribution < -0.4 is 34.7 Å². The predicted molar refractivity (Wildman–Crippen MR) is 57.9 cm³/mol. The molecule has 0 amide bonds. The second kappa shape index (κ2) is 7.44. The van der Waals surface area contributed by atoms with Gasteiger partial charge in [-0.3, -0.25) is 0 Å². The van der Waals surface area contributed by atoms with Gasteiger partial charge in [-0.05, 0) is 18.7 Å². The fourth-order valence-electron chi connectivity index (χ4n) is 1.13. The molecule has 0 bridgehead atoms. The third-order valence-corrected chi connectivity index (χ3v) is 3.57. The zero-order chi connectivity index (χ0) is 12.9. The molecule has 7 heteroatoms. The van der Waals surface area contributed by atoms with Crippen LogP contribution in [0.15, 0.2) is 46.1 Å². The van der Waals surface area contributed by atoms with Gasteiger partial charge in [0.05, 0.1) is 10.8 Å². The molecular weight excluding hydrogens is 265 g/mol. The molecule has 90 valence electrons. The Morgan fingerprint density at radius 2 is 1.94 bits per heavy atom. The van der Waals surface area contributed by atoms with Crippen molar-refractivity contribution >= 4 is 9.84 Å². The zero-order valence-electron chi connectivity index (χ0n) is 10.1. The van der Waals surface area contributed by atoms with Crippen LogP contribution in [-0.4, -0.2) is 15.0 Å². The van der Waals surface area contributed by atoms with Gasteiger partial charge < -0.3 is 9.84 Å². The van der Waals surface area contributed by atoms with Gasteiger partial charge in [-0.15, -0.1) is 0 Å². The number of nitriles is 1. The first-order chi connectivity index (χ1) is 8.04. The summed E-state index contributed by atoms with van der Waals surface area (Å²) >= 11 is 0. The van der Waals surface area contributed by atoms with Crippen LogP contribution in [-0.2, 0) is 14.6 Å². The van der Waals surface area contributed by atoms with Crippen molar-refractivity contribution in [2.45, 2.75) is 11.8 Å². The summed E-state index contributed by atoms with van der Waals surface area (Å²) in [4.78, 5) is -1.00. The van der Waals surface area contributed by atoms with Crippen molar-refractivity contribution in [1.29, 1.82) is 5.26 Å². The minimum absolute atomic E-state index is 0. The topological polar surface area (TPSA) is 90.2 Å². The van der Waals surface area contributed by atoms with Gasteiger partial charge >= 0.3 is 29.6 Å². The fraction of sp³-hybridized carbons (Fsp3) is 0.182. The number of ether oxygens (including phenoxy) is 1. The Balaban J connectivity index is 0.00000289. The van der Waals surface area contributed by atoms with E-state index in [0.717, 1.165) is 0 Å². The normalized spacial score (nSPS) is 11.8. The van der Waals surface area contributed by atoms with Gasteiger partial charge in [0, 0.05) is 0 Å². The number of sulfone groups is 1. The molecular formula is C11H10NNaO4S. The Hall–Kier alpha value is -1.000. The molecule has 0 aliphatic carbocycles. The first-order valence-corrected chi connectivity index (χ1v) is 6.26. The Kier molecular flexibility index (Phi) is 7.02. The minimum atomic E-state index is -4.09. The van der Waals surface area contributed by atoms with Crippen LogP contribution in [0.4, 0.5) is 0 Å². The van der Waals surface area contributed by atoms with Gasteiger partial charge in [0.25, 0.3) is 0 Å². The maximum absolute atomic E-state index is 11.9. The van der Waals surface area contributed by atoms with Gasteiger partial charge in [0.15, 0.2) is 4.91 Å². The molecule has 0 atom stereocenters. The Morgan fingerprint density at radius 3 is 2.39 bits per heavy atom. The van der Waals surface area contributed by atoms with Crippen molar-refractivity contribution in [2.75, 3.05) is 6.61 Å². The average molecular weight is 275 g/mol. The second-order valence-corrected chi connectivity index (χ2v) is 4.86. The molecule has 0 spiro atoms. The molecule has 0 aliphatic heterocycles. The van der Waals surface area contributed by atoms with E-state index in [1.165, 1.54) is 37.3 Å². The monoisotopic (exact) mass is 275 g/mol. The van der Waals surface area contributed by atoms with Crippen LogP contribution in [0.5, 0.6) is 0 Å². The van der Waals surface area contributed by atoms with E-state index in [2.05, 4.69) is 4.74 Å². The minimum Gasteiger partial charge on any atom is -0.612 e. The van der Waals surface area contributed by atoms with E-state index in [0.29, 0.717) is 0 Å². The van der Waals surface area contributed by atoms with Crippen molar-refractivity contribution in [3.05, 3.63) is 41.2 Å². The van der Waals surface area contributed by atoms with Crippen LogP contribution in [0.2, 0.25) is 0 Å². The van der Waals surface area contributed by atoms with E-state index >= 15 is 0 Å². The van der Waals surface area contributed by atoms with E-state index in [1.54, 1.807) is 6.07 Å². The molecule has 0 saturated carbocycles. The summed E-state index contributed by atoms with van der Waals surface area (Å²) in [7, 11) is -4.09. The molecule has 0 fully saturated rings. The Bertz CT molecular complexity index is 560. The second-order valence-electron chi connectivity index (χ2n) is 2.98. The smallest absolute Gasteiger partial charge is 0.612 e. The van der Waals surface area contributed by atoms with Gasteiger partial charge in [-0.2, -0.15) is 5.26 Å². The molecule has 1 aromatic rings. The van der Waals surface area contributed by atoms with Gasteiger partial charge in [-0.25, -0.2) is 8.42 Å². The SMILES string of the molecule is CCOC([O-])=C(C#N)S(=O)(=O)c1ccccc1.[Na+]. The van der Waals surface area contributed by atoms with Crippen LogP contribution in [0.3, 0.4) is 0 Å². The maximum Gasteiger partial charge on any atom is 1.00 e. The molecule has 1 aromatic carbocycles. The quantitative estimate of drug-likeness (QED) is 0.346. The number of rotatable bonds is 4. The summed E-state index contributed by atoms with van der Waals surface area (Å²) in [6.45, 7) is 1.54. The number of hydrogen-bond donors (Lipinski definition) is 0. The number of hydrogen-bond acceptors (Lipinski definition) is 5. The van der Waals surface area contributed by atoms with Crippen LogP contribution in [0.25, 0.3) is 0 Å². The molecule has 0 aromatic heterocycles. The maximum atomic E-state index is 11.9. The largest absolute Gasteiger partial charge is 1.00 e. The first kappa shape index (κ1) is 17.0. The summed E-state index contributed by atoms with van der Waals surface area (Å²) in [5, 5.41) is 20.1. The van der Waals surface area contributed by atoms with Crippen molar-refractivity contribution < 1.29 is 47.8 Å². The number of nitrogens with zero attached hydrogens (tertiary/aromatic N) is 1. The first-order valence-electron chi connectivity index (χ1n) is 4.78. The van der Waals surface area contributed by atoms with E-state index in [9.17, 15) is 13.5 Å². The van der Waals surface area contributed by atoms with Crippen LogP contribution in [0, 0.1) is 11.3 Å². The molecule has 0 unspecified atom stereocenters. The van der Waals surface area contributed by atoms with Crippen molar-refractivity contribution in [3.8, 4) is 6.07 Å². The summed E-state index contributed by atoms with van der Waals surface area (Å²) in [6, 6.07) is 8.65. The Labute approximate surface area is 128 Å². The van der Waals surface area contributed by atoms with E-state index in [-0.39, 0.29) is 41.1 Å². The molecule has 18 heavy (non-hydrogen) atoms.